The van der Waals surface area contributed by atoms with Crippen molar-refractivity contribution in [2.75, 3.05) is 6.61 Å². The Morgan fingerprint density at radius 2 is 1.84 bits per heavy atom. The molecule has 4 aliphatic rings. The highest BCUT2D eigenvalue weighted by Gasteiger charge is 2.51. The molecule has 4 saturated carbocycles. The summed E-state index contributed by atoms with van der Waals surface area (Å²) in [6.45, 7) is -0.229. The van der Waals surface area contributed by atoms with E-state index in [-0.39, 0.29) is 18.1 Å². The highest BCUT2D eigenvalue weighted by atomic mass is 79.9. The Morgan fingerprint density at radius 3 is 2.40 bits per heavy atom. The molecule has 6 heteroatoms. The van der Waals surface area contributed by atoms with Gasteiger partial charge in [0.1, 0.15) is 5.76 Å². The molecule has 0 unspecified atom stereocenters. The number of ether oxygens (including phenoxy) is 1. The van der Waals surface area contributed by atoms with Crippen LogP contribution in [0.2, 0.25) is 0 Å². The fourth-order valence-electron chi connectivity index (χ4n) is 5.35. The molecule has 0 atom stereocenters. The van der Waals surface area contributed by atoms with Crippen molar-refractivity contribution in [3.63, 3.8) is 0 Å². The van der Waals surface area contributed by atoms with Crippen LogP contribution in [0.15, 0.2) is 27.3 Å². The number of rotatable bonds is 5. The van der Waals surface area contributed by atoms with Crippen molar-refractivity contribution in [3.8, 4) is 0 Å². The zero-order valence-corrected chi connectivity index (χ0v) is 15.6. The monoisotopic (exact) mass is 407 g/mol. The lowest BCUT2D eigenvalue weighted by atomic mass is 9.53. The first-order chi connectivity index (χ1) is 12.0. The van der Waals surface area contributed by atoms with E-state index in [1.165, 1.54) is 31.4 Å². The fraction of sp³-hybridized carbons (Fsp3) is 0.579. The van der Waals surface area contributed by atoms with Gasteiger partial charge < -0.3 is 14.5 Å². The van der Waals surface area contributed by atoms with Gasteiger partial charge in [-0.25, -0.2) is 4.79 Å². The predicted octanol–water partition coefficient (Wildman–Crippen LogP) is 3.68. The van der Waals surface area contributed by atoms with Crippen LogP contribution in [0.4, 0.5) is 0 Å². The maximum atomic E-state index is 12.3. The molecule has 0 aliphatic heterocycles. The first-order valence-corrected chi connectivity index (χ1v) is 9.70. The third-order valence-corrected chi connectivity index (χ3v) is 6.19. The van der Waals surface area contributed by atoms with Gasteiger partial charge in [-0.3, -0.25) is 4.79 Å². The van der Waals surface area contributed by atoms with Crippen LogP contribution < -0.4 is 5.32 Å². The van der Waals surface area contributed by atoms with E-state index in [1.807, 2.05) is 0 Å². The van der Waals surface area contributed by atoms with Gasteiger partial charge >= 0.3 is 5.97 Å². The van der Waals surface area contributed by atoms with E-state index in [0.717, 1.165) is 37.0 Å². The predicted molar refractivity (Wildman–Crippen MR) is 95.4 cm³/mol. The Morgan fingerprint density at radius 1 is 1.20 bits per heavy atom. The van der Waals surface area contributed by atoms with Crippen molar-refractivity contribution in [2.45, 2.75) is 44.1 Å². The van der Waals surface area contributed by atoms with E-state index in [0.29, 0.717) is 10.4 Å². The zero-order chi connectivity index (χ0) is 17.4. The first kappa shape index (κ1) is 16.9. The number of carbonyl (C=O) groups is 2. The van der Waals surface area contributed by atoms with Crippen LogP contribution in [0.1, 0.15) is 44.3 Å². The van der Waals surface area contributed by atoms with Gasteiger partial charge in [-0.1, -0.05) is 0 Å². The lowest BCUT2D eigenvalue weighted by Gasteiger charge is -2.56. The Kier molecular flexibility index (Phi) is 4.48. The molecule has 0 spiro atoms. The molecule has 1 heterocycles. The molecular weight excluding hydrogens is 386 g/mol. The van der Waals surface area contributed by atoms with Crippen molar-refractivity contribution < 1.29 is 18.7 Å². The second-order valence-corrected chi connectivity index (χ2v) is 8.61. The fourth-order valence-corrected chi connectivity index (χ4v) is 5.67. The molecule has 0 aromatic carbocycles. The van der Waals surface area contributed by atoms with Crippen LogP contribution in [-0.2, 0) is 14.3 Å². The molecule has 4 fully saturated rings. The molecule has 1 aromatic rings. The normalized spacial score (nSPS) is 32.9. The van der Waals surface area contributed by atoms with E-state index in [4.69, 9.17) is 9.15 Å². The SMILES string of the molecule is O=C(COC(=O)C=Cc1ccc(Br)o1)NC12CC3CC(CC(C3)C1)C2. The average molecular weight is 408 g/mol. The van der Waals surface area contributed by atoms with Gasteiger partial charge in [0.2, 0.25) is 0 Å². The number of hydrogen-bond acceptors (Lipinski definition) is 4. The third-order valence-electron chi connectivity index (χ3n) is 5.77. The standard InChI is InChI=1S/C19H22BrNO4/c20-16-3-1-15(25-16)2-4-18(23)24-11-17(22)21-19-8-12-5-13(9-19)7-14(6-12)10-19/h1-4,12-14H,5-11H2,(H,21,22). The summed E-state index contributed by atoms with van der Waals surface area (Å²) < 4.78 is 10.9. The van der Waals surface area contributed by atoms with E-state index >= 15 is 0 Å². The average Bonchev–Trinajstić information content (AvgIpc) is 2.94. The number of amides is 1. The number of furan rings is 1. The quantitative estimate of drug-likeness (QED) is 0.596. The van der Waals surface area contributed by atoms with Crippen LogP contribution in [0.25, 0.3) is 6.08 Å². The van der Waals surface area contributed by atoms with Gasteiger partial charge in [0.15, 0.2) is 11.3 Å². The van der Waals surface area contributed by atoms with Crippen LogP contribution in [-0.4, -0.2) is 24.0 Å². The van der Waals surface area contributed by atoms with Gasteiger partial charge in [0.25, 0.3) is 5.91 Å². The number of halogens is 1. The second kappa shape index (κ2) is 6.63. The van der Waals surface area contributed by atoms with E-state index in [1.54, 1.807) is 12.1 Å². The third kappa shape index (κ3) is 3.84. The van der Waals surface area contributed by atoms with E-state index in [2.05, 4.69) is 21.2 Å². The Balaban J connectivity index is 1.26. The maximum absolute atomic E-state index is 12.3. The largest absolute Gasteiger partial charge is 0.452 e. The summed E-state index contributed by atoms with van der Waals surface area (Å²) in [5, 5.41) is 3.19. The summed E-state index contributed by atoms with van der Waals surface area (Å²) in [6, 6.07) is 3.47. The summed E-state index contributed by atoms with van der Waals surface area (Å²) in [4.78, 5) is 24.0. The van der Waals surface area contributed by atoms with Crippen molar-refractivity contribution in [2.24, 2.45) is 17.8 Å². The number of carbonyl (C=O) groups excluding carboxylic acids is 2. The number of esters is 1. The van der Waals surface area contributed by atoms with E-state index < -0.39 is 5.97 Å². The van der Waals surface area contributed by atoms with Gasteiger partial charge in [0, 0.05) is 11.6 Å². The topological polar surface area (TPSA) is 68.5 Å². The molecule has 1 aromatic heterocycles. The first-order valence-electron chi connectivity index (χ1n) is 8.91. The molecule has 4 bridgehead atoms. The second-order valence-electron chi connectivity index (χ2n) is 7.83. The zero-order valence-electron chi connectivity index (χ0n) is 14.0. The molecule has 5 rings (SSSR count). The molecule has 1 N–H and O–H groups in total. The molecule has 134 valence electrons. The minimum Gasteiger partial charge on any atom is -0.452 e. The number of nitrogens with one attached hydrogen (secondary N) is 1. The molecule has 0 saturated heterocycles. The van der Waals surface area contributed by atoms with Gasteiger partial charge in [-0.15, -0.1) is 0 Å². The summed E-state index contributed by atoms with van der Waals surface area (Å²) in [7, 11) is 0. The summed E-state index contributed by atoms with van der Waals surface area (Å²) in [6.07, 6.45) is 10.0. The molecule has 0 radical (unpaired) electrons. The minimum atomic E-state index is -0.548. The highest BCUT2D eigenvalue weighted by molar-refractivity contribution is 9.10. The molecule has 5 nitrogen and oxygen atoms in total. The van der Waals surface area contributed by atoms with Crippen molar-refractivity contribution in [1.29, 1.82) is 0 Å². The van der Waals surface area contributed by atoms with Gasteiger partial charge in [-0.05, 0) is 90.4 Å². The lowest BCUT2D eigenvalue weighted by Crippen LogP contribution is -2.60. The molecule has 25 heavy (non-hydrogen) atoms. The van der Waals surface area contributed by atoms with Gasteiger partial charge in [0.05, 0.1) is 0 Å². The Bertz CT molecular complexity index is 673. The van der Waals surface area contributed by atoms with Gasteiger partial charge in [-0.2, -0.15) is 0 Å². The van der Waals surface area contributed by atoms with Crippen LogP contribution in [0.5, 0.6) is 0 Å². The van der Waals surface area contributed by atoms with Crippen LogP contribution >= 0.6 is 15.9 Å². The highest BCUT2D eigenvalue weighted by Crippen LogP contribution is 2.55. The Hall–Kier alpha value is -1.56. The maximum Gasteiger partial charge on any atom is 0.331 e. The Labute approximate surface area is 155 Å². The summed E-state index contributed by atoms with van der Waals surface area (Å²) >= 11 is 3.19. The molecule has 4 aliphatic carbocycles. The smallest absolute Gasteiger partial charge is 0.331 e. The summed E-state index contributed by atoms with van der Waals surface area (Å²) in [5.41, 5.74) is -0.0471. The minimum absolute atomic E-state index is 0.0471. The van der Waals surface area contributed by atoms with Crippen LogP contribution in [0, 0.1) is 17.8 Å². The number of hydrogen-bond donors (Lipinski definition) is 1. The van der Waals surface area contributed by atoms with Crippen LogP contribution in [0.3, 0.4) is 0 Å². The van der Waals surface area contributed by atoms with Crippen molar-refractivity contribution in [1.82, 2.24) is 5.32 Å². The molecule has 1 amide bonds. The summed E-state index contributed by atoms with van der Waals surface area (Å²) in [5.74, 6) is 2.11. The molecular formula is C19H22BrNO4. The van der Waals surface area contributed by atoms with Crippen molar-refractivity contribution >= 4 is 33.9 Å². The van der Waals surface area contributed by atoms with Crippen molar-refractivity contribution in [3.05, 3.63) is 28.6 Å². The van der Waals surface area contributed by atoms with E-state index in [9.17, 15) is 9.59 Å². The lowest BCUT2D eigenvalue weighted by molar-refractivity contribution is -0.145.